The van der Waals surface area contributed by atoms with E-state index in [1.807, 2.05) is 18.2 Å². The Labute approximate surface area is 195 Å². The molecule has 4 aromatic rings. The van der Waals surface area contributed by atoms with Gasteiger partial charge in [-0.25, -0.2) is 19.7 Å². The van der Waals surface area contributed by atoms with Gasteiger partial charge in [0.2, 0.25) is 0 Å². The van der Waals surface area contributed by atoms with E-state index in [2.05, 4.69) is 31.8 Å². The van der Waals surface area contributed by atoms with Crippen LogP contribution in [0.2, 0.25) is 5.02 Å². The van der Waals surface area contributed by atoms with Crippen molar-refractivity contribution in [3.8, 4) is 0 Å². The number of amides is 1. The molecule has 33 heavy (non-hydrogen) atoms. The van der Waals surface area contributed by atoms with Gasteiger partial charge in [-0.1, -0.05) is 18.5 Å². The van der Waals surface area contributed by atoms with Crippen LogP contribution in [0.5, 0.6) is 0 Å². The van der Waals surface area contributed by atoms with Crippen LogP contribution in [0.15, 0.2) is 37.1 Å². The SMILES string of the molecule is COC(=O)N1CCN(c2c(C(C)Cc3ncnc4nc[nH]c34)cc(Cl)c3cccnc23)CC1. The number of carbonyl (C=O) groups excluding carboxylic acids is 1. The van der Waals surface area contributed by atoms with Gasteiger partial charge in [0.15, 0.2) is 5.65 Å². The molecule has 0 radical (unpaired) electrons. The number of fused-ring (bicyclic) bond motifs is 2. The van der Waals surface area contributed by atoms with Crippen molar-refractivity contribution in [2.45, 2.75) is 19.3 Å². The summed E-state index contributed by atoms with van der Waals surface area (Å²) in [5, 5.41) is 1.59. The first-order chi connectivity index (χ1) is 16.1. The lowest BCUT2D eigenvalue weighted by Crippen LogP contribution is -2.49. The molecule has 9 nitrogen and oxygen atoms in total. The molecule has 0 aliphatic carbocycles. The Kier molecular flexibility index (Phi) is 5.72. The number of ether oxygens (including phenoxy) is 1. The summed E-state index contributed by atoms with van der Waals surface area (Å²) >= 11 is 6.71. The van der Waals surface area contributed by atoms with Crippen LogP contribution in [0.3, 0.4) is 0 Å². The molecular weight excluding hydrogens is 442 g/mol. The number of imidazole rings is 1. The Bertz CT molecular complexity index is 1320. The van der Waals surface area contributed by atoms with Gasteiger partial charge in [-0.2, -0.15) is 0 Å². The molecule has 3 aromatic heterocycles. The Morgan fingerprint density at radius 3 is 2.82 bits per heavy atom. The van der Waals surface area contributed by atoms with Gasteiger partial charge < -0.3 is 19.5 Å². The van der Waals surface area contributed by atoms with Gasteiger partial charge in [0.25, 0.3) is 0 Å². The molecule has 0 saturated carbocycles. The number of benzene rings is 1. The maximum absolute atomic E-state index is 12.0. The van der Waals surface area contributed by atoms with Crippen molar-refractivity contribution >= 4 is 45.4 Å². The fourth-order valence-electron chi connectivity index (χ4n) is 4.53. The zero-order chi connectivity index (χ0) is 22.9. The van der Waals surface area contributed by atoms with Crippen LogP contribution in [-0.2, 0) is 11.2 Å². The Balaban J connectivity index is 1.54. The predicted octanol–water partition coefficient (Wildman–Crippen LogP) is 3.79. The molecule has 1 unspecified atom stereocenters. The van der Waals surface area contributed by atoms with Crippen molar-refractivity contribution in [3.05, 3.63) is 53.3 Å². The largest absolute Gasteiger partial charge is 0.453 e. The highest BCUT2D eigenvalue weighted by molar-refractivity contribution is 6.36. The zero-order valence-electron chi connectivity index (χ0n) is 18.5. The summed E-state index contributed by atoms with van der Waals surface area (Å²) in [7, 11) is 1.41. The second-order valence-corrected chi connectivity index (χ2v) is 8.57. The van der Waals surface area contributed by atoms with Crippen LogP contribution in [0.4, 0.5) is 10.5 Å². The Hall–Kier alpha value is -3.46. The lowest BCUT2D eigenvalue weighted by Gasteiger charge is -2.37. The average Bonchev–Trinajstić information content (AvgIpc) is 3.34. The second-order valence-electron chi connectivity index (χ2n) is 8.17. The highest BCUT2D eigenvalue weighted by atomic mass is 35.5. The number of pyridine rings is 1. The maximum atomic E-state index is 12.0. The number of aromatic nitrogens is 5. The van der Waals surface area contributed by atoms with Crippen molar-refractivity contribution in [1.82, 2.24) is 29.8 Å². The third-order valence-electron chi connectivity index (χ3n) is 6.21. The first kappa shape index (κ1) is 21.4. The third-order valence-corrected chi connectivity index (χ3v) is 6.52. The standard InChI is InChI=1S/C23H24ClN7O2/c1-14(10-18-20-22(28-12-26-18)29-13-27-20)16-11-17(24)15-4-3-5-25-19(15)21(16)30-6-8-31(9-7-30)23(32)33-2/h3-5,11-14H,6-10H2,1-2H3,(H,26,27,28,29). The number of piperazine rings is 1. The quantitative estimate of drug-likeness (QED) is 0.489. The molecule has 1 saturated heterocycles. The van der Waals surface area contributed by atoms with Gasteiger partial charge >= 0.3 is 6.09 Å². The third kappa shape index (κ3) is 3.93. The molecular formula is C23H24ClN7O2. The van der Waals surface area contributed by atoms with Gasteiger partial charge in [0.1, 0.15) is 11.8 Å². The van der Waals surface area contributed by atoms with Crippen molar-refractivity contribution < 1.29 is 9.53 Å². The summed E-state index contributed by atoms with van der Waals surface area (Å²) in [4.78, 5) is 36.8. The van der Waals surface area contributed by atoms with Gasteiger partial charge in [0, 0.05) is 37.8 Å². The highest BCUT2D eigenvalue weighted by Crippen LogP contribution is 2.39. The van der Waals surface area contributed by atoms with E-state index in [-0.39, 0.29) is 12.0 Å². The molecule has 1 aromatic carbocycles. The second kappa shape index (κ2) is 8.82. The Morgan fingerprint density at radius 1 is 1.21 bits per heavy atom. The van der Waals surface area contributed by atoms with Gasteiger partial charge in [-0.15, -0.1) is 0 Å². The van der Waals surface area contributed by atoms with E-state index in [0.29, 0.717) is 43.3 Å². The molecule has 0 bridgehead atoms. The fourth-order valence-corrected chi connectivity index (χ4v) is 4.80. The molecule has 1 fully saturated rings. The van der Waals surface area contributed by atoms with Crippen LogP contribution in [0.25, 0.3) is 22.1 Å². The first-order valence-electron chi connectivity index (χ1n) is 10.8. The number of H-pyrrole nitrogens is 1. The molecule has 1 amide bonds. The maximum Gasteiger partial charge on any atom is 0.409 e. The van der Waals surface area contributed by atoms with Crippen molar-refractivity contribution in [2.75, 3.05) is 38.2 Å². The average molecular weight is 466 g/mol. The summed E-state index contributed by atoms with van der Waals surface area (Å²) < 4.78 is 4.89. The molecule has 1 aliphatic heterocycles. The number of nitrogens with zero attached hydrogens (tertiary/aromatic N) is 6. The van der Waals surface area contributed by atoms with E-state index >= 15 is 0 Å². The van der Waals surface area contributed by atoms with E-state index in [4.69, 9.17) is 21.3 Å². The number of carbonyl (C=O) groups is 1. The summed E-state index contributed by atoms with van der Waals surface area (Å²) in [6.07, 6.45) is 5.36. The van der Waals surface area contributed by atoms with E-state index in [0.717, 1.165) is 33.4 Å². The Morgan fingerprint density at radius 2 is 2.03 bits per heavy atom. The van der Waals surface area contributed by atoms with E-state index < -0.39 is 0 Å². The number of aromatic amines is 1. The van der Waals surface area contributed by atoms with Crippen molar-refractivity contribution in [1.29, 1.82) is 0 Å². The van der Waals surface area contributed by atoms with E-state index in [9.17, 15) is 4.79 Å². The molecule has 1 atom stereocenters. The van der Waals surface area contributed by atoms with E-state index in [1.54, 1.807) is 23.8 Å². The smallest absolute Gasteiger partial charge is 0.409 e. The topological polar surface area (TPSA) is 100 Å². The number of nitrogens with one attached hydrogen (secondary N) is 1. The first-order valence-corrected chi connectivity index (χ1v) is 11.2. The van der Waals surface area contributed by atoms with Gasteiger partial charge in [-0.3, -0.25) is 4.98 Å². The van der Waals surface area contributed by atoms with Crippen LogP contribution in [-0.4, -0.2) is 69.2 Å². The minimum atomic E-state index is -0.297. The molecule has 10 heteroatoms. The lowest BCUT2D eigenvalue weighted by molar-refractivity contribution is 0.121. The predicted molar refractivity (Wildman–Crippen MR) is 127 cm³/mol. The van der Waals surface area contributed by atoms with Crippen LogP contribution in [0.1, 0.15) is 24.1 Å². The normalized spacial score (nSPS) is 15.2. The molecule has 1 N–H and O–H groups in total. The summed E-state index contributed by atoms with van der Waals surface area (Å²) in [6.45, 7) is 4.69. The number of anilines is 1. The summed E-state index contributed by atoms with van der Waals surface area (Å²) in [6, 6.07) is 5.93. The molecule has 5 rings (SSSR count). The molecule has 4 heterocycles. The number of hydrogen-bond acceptors (Lipinski definition) is 7. The van der Waals surface area contributed by atoms with Crippen LogP contribution < -0.4 is 4.90 Å². The number of methoxy groups -OCH3 is 1. The van der Waals surface area contributed by atoms with Crippen LogP contribution in [0, 0.1) is 0 Å². The van der Waals surface area contributed by atoms with Crippen molar-refractivity contribution in [2.24, 2.45) is 0 Å². The highest BCUT2D eigenvalue weighted by Gasteiger charge is 2.27. The lowest BCUT2D eigenvalue weighted by atomic mass is 9.92. The van der Waals surface area contributed by atoms with Crippen molar-refractivity contribution in [3.63, 3.8) is 0 Å². The van der Waals surface area contributed by atoms with E-state index in [1.165, 1.54) is 7.11 Å². The number of halogens is 1. The monoisotopic (exact) mass is 465 g/mol. The number of hydrogen-bond donors (Lipinski definition) is 1. The molecule has 0 spiro atoms. The minimum absolute atomic E-state index is 0.101. The van der Waals surface area contributed by atoms with Crippen LogP contribution >= 0.6 is 11.6 Å². The zero-order valence-corrected chi connectivity index (χ0v) is 19.2. The fraction of sp³-hybridized carbons (Fsp3) is 0.348. The summed E-state index contributed by atoms with van der Waals surface area (Å²) in [5.74, 6) is 0.101. The minimum Gasteiger partial charge on any atom is -0.453 e. The molecule has 1 aliphatic rings. The molecule has 170 valence electrons. The van der Waals surface area contributed by atoms with Gasteiger partial charge in [-0.05, 0) is 36.1 Å². The van der Waals surface area contributed by atoms with Gasteiger partial charge in [0.05, 0.1) is 35.4 Å². The number of rotatable bonds is 4. The summed E-state index contributed by atoms with van der Waals surface area (Å²) in [5.41, 5.74) is 5.44.